The summed E-state index contributed by atoms with van der Waals surface area (Å²) in [5, 5.41) is 22.7. The number of anilines is 1. The van der Waals surface area contributed by atoms with Gasteiger partial charge in [0.1, 0.15) is 22.9 Å². The molecule has 1 aliphatic rings. The van der Waals surface area contributed by atoms with Crippen molar-refractivity contribution in [2.24, 2.45) is 12.0 Å². The summed E-state index contributed by atoms with van der Waals surface area (Å²) in [7, 11) is 1.79. The first-order valence-corrected chi connectivity index (χ1v) is 12.1. The number of amides is 1. The van der Waals surface area contributed by atoms with Gasteiger partial charge in [0.15, 0.2) is 5.58 Å². The van der Waals surface area contributed by atoms with Crippen LogP contribution in [0, 0.1) is 12.7 Å². The molecule has 39 heavy (non-hydrogen) atoms. The number of benzene rings is 2. The maximum Gasteiger partial charge on any atom is 0.342 e. The molecule has 0 spiro atoms. The SMILES string of the molecule is CC1=C(C(=O)NCc2cnn(C)c2)C(c2ccc(C)cc2Cl)N=C(Nc2nc3ccc(F)c(C(=O)O)c3o2)N1. The van der Waals surface area contributed by atoms with Crippen molar-refractivity contribution in [3.63, 3.8) is 0 Å². The summed E-state index contributed by atoms with van der Waals surface area (Å²) in [4.78, 5) is 33.8. The number of carboxylic acids is 1. The summed E-state index contributed by atoms with van der Waals surface area (Å²) in [6, 6.07) is 6.86. The highest BCUT2D eigenvalue weighted by Crippen LogP contribution is 2.35. The molecule has 4 aromatic rings. The van der Waals surface area contributed by atoms with Gasteiger partial charge in [-0.15, -0.1) is 0 Å². The fourth-order valence-corrected chi connectivity index (χ4v) is 4.61. The molecule has 3 heterocycles. The van der Waals surface area contributed by atoms with Gasteiger partial charge in [0.2, 0.25) is 5.96 Å². The Morgan fingerprint density at radius 3 is 2.74 bits per heavy atom. The number of carboxylic acid groups (broad SMARTS) is 1. The molecule has 11 nitrogen and oxygen atoms in total. The number of aryl methyl sites for hydroxylation is 2. The lowest BCUT2D eigenvalue weighted by Crippen LogP contribution is -2.39. The predicted molar refractivity (Wildman–Crippen MR) is 142 cm³/mol. The zero-order valence-electron chi connectivity index (χ0n) is 21.0. The highest BCUT2D eigenvalue weighted by atomic mass is 35.5. The summed E-state index contributed by atoms with van der Waals surface area (Å²) in [5.41, 5.74) is 2.51. The van der Waals surface area contributed by atoms with Crippen molar-refractivity contribution in [3.8, 4) is 0 Å². The van der Waals surface area contributed by atoms with Crippen LogP contribution in [0.5, 0.6) is 0 Å². The summed E-state index contributed by atoms with van der Waals surface area (Å²) < 4.78 is 21.3. The maximum atomic E-state index is 14.1. The predicted octanol–water partition coefficient (Wildman–Crippen LogP) is 4.06. The molecule has 200 valence electrons. The molecule has 0 bridgehead atoms. The monoisotopic (exact) mass is 551 g/mol. The van der Waals surface area contributed by atoms with Crippen molar-refractivity contribution in [2.75, 3.05) is 5.32 Å². The minimum Gasteiger partial charge on any atom is -0.477 e. The lowest BCUT2D eigenvalue weighted by atomic mass is 9.95. The van der Waals surface area contributed by atoms with Crippen LogP contribution in [0.2, 0.25) is 5.02 Å². The fraction of sp³-hybridized carbons (Fsp3) is 0.192. The van der Waals surface area contributed by atoms with E-state index in [4.69, 9.17) is 16.0 Å². The molecule has 1 amide bonds. The van der Waals surface area contributed by atoms with Crippen LogP contribution in [0.4, 0.5) is 10.4 Å². The molecule has 0 saturated heterocycles. The lowest BCUT2D eigenvalue weighted by Gasteiger charge is -2.27. The van der Waals surface area contributed by atoms with E-state index in [0.717, 1.165) is 17.2 Å². The number of fused-ring (bicyclic) bond motifs is 1. The fourth-order valence-electron chi connectivity index (χ4n) is 4.28. The summed E-state index contributed by atoms with van der Waals surface area (Å²) >= 11 is 6.58. The second-order valence-corrected chi connectivity index (χ2v) is 9.40. The molecule has 2 aromatic carbocycles. The zero-order chi connectivity index (χ0) is 27.8. The second-order valence-electron chi connectivity index (χ2n) is 8.99. The number of nitrogens with one attached hydrogen (secondary N) is 3. The molecule has 13 heteroatoms. The number of guanidine groups is 1. The summed E-state index contributed by atoms with van der Waals surface area (Å²) in [6.07, 6.45) is 3.47. The Bertz CT molecular complexity index is 1690. The minimum absolute atomic E-state index is 0.115. The molecular formula is C26H23ClFN7O4. The van der Waals surface area contributed by atoms with E-state index in [2.05, 4.69) is 31.0 Å². The summed E-state index contributed by atoms with van der Waals surface area (Å²) in [5.74, 6) is -2.61. The summed E-state index contributed by atoms with van der Waals surface area (Å²) in [6.45, 7) is 3.88. The molecule has 4 N–H and O–H groups in total. The van der Waals surface area contributed by atoms with E-state index in [0.29, 0.717) is 21.9 Å². The molecule has 0 radical (unpaired) electrons. The molecule has 0 saturated carbocycles. The Kier molecular flexibility index (Phi) is 6.79. The van der Waals surface area contributed by atoms with Crippen LogP contribution >= 0.6 is 11.6 Å². The van der Waals surface area contributed by atoms with Gasteiger partial charge in [-0.1, -0.05) is 23.7 Å². The van der Waals surface area contributed by atoms with Gasteiger partial charge in [-0.25, -0.2) is 14.2 Å². The van der Waals surface area contributed by atoms with E-state index in [1.54, 1.807) is 43.2 Å². The molecule has 0 aliphatic carbocycles. The average molecular weight is 552 g/mol. The van der Waals surface area contributed by atoms with E-state index >= 15 is 0 Å². The van der Waals surface area contributed by atoms with Crippen LogP contribution < -0.4 is 16.0 Å². The minimum atomic E-state index is -1.48. The lowest BCUT2D eigenvalue weighted by molar-refractivity contribution is -0.118. The van der Waals surface area contributed by atoms with Crippen molar-refractivity contribution in [2.45, 2.75) is 26.4 Å². The van der Waals surface area contributed by atoms with Gasteiger partial charge in [0.25, 0.3) is 5.91 Å². The van der Waals surface area contributed by atoms with Gasteiger partial charge in [-0.3, -0.25) is 14.8 Å². The van der Waals surface area contributed by atoms with Gasteiger partial charge >= 0.3 is 12.0 Å². The number of aromatic carboxylic acids is 1. The molecule has 0 fully saturated rings. The first kappa shape index (κ1) is 25.9. The number of carbonyl (C=O) groups is 2. The van der Waals surface area contributed by atoms with Crippen molar-refractivity contribution in [1.29, 1.82) is 0 Å². The first-order valence-electron chi connectivity index (χ1n) is 11.8. The van der Waals surface area contributed by atoms with E-state index < -0.39 is 23.4 Å². The smallest absolute Gasteiger partial charge is 0.342 e. The van der Waals surface area contributed by atoms with Crippen LogP contribution in [-0.4, -0.2) is 37.7 Å². The highest BCUT2D eigenvalue weighted by molar-refractivity contribution is 6.31. The number of allylic oxidation sites excluding steroid dienone is 1. The Hall–Kier alpha value is -4.71. The number of rotatable bonds is 6. The molecular weight excluding hydrogens is 529 g/mol. The van der Waals surface area contributed by atoms with Crippen molar-refractivity contribution in [1.82, 2.24) is 25.4 Å². The van der Waals surface area contributed by atoms with Gasteiger partial charge < -0.3 is 20.2 Å². The van der Waals surface area contributed by atoms with Crippen LogP contribution in [0.15, 0.2) is 63.4 Å². The Balaban J connectivity index is 1.48. The number of hydrogen-bond acceptors (Lipinski definition) is 8. The number of aliphatic imine (C=N–C) groups is 1. The number of halogens is 2. The third-order valence-electron chi connectivity index (χ3n) is 6.09. The molecule has 1 atom stereocenters. The normalized spacial score (nSPS) is 15.2. The van der Waals surface area contributed by atoms with Gasteiger partial charge in [0.05, 0.1) is 11.8 Å². The topological polar surface area (TPSA) is 147 Å². The number of hydrogen-bond donors (Lipinski definition) is 4. The van der Waals surface area contributed by atoms with E-state index in [-0.39, 0.29) is 35.5 Å². The zero-order valence-corrected chi connectivity index (χ0v) is 21.8. The van der Waals surface area contributed by atoms with Gasteiger partial charge in [0, 0.05) is 41.6 Å². The number of carbonyl (C=O) groups excluding carboxylic acids is 1. The molecule has 1 unspecified atom stereocenters. The van der Waals surface area contributed by atoms with E-state index in [9.17, 15) is 19.1 Å². The Labute approximate surface area is 226 Å². The maximum absolute atomic E-state index is 14.1. The largest absolute Gasteiger partial charge is 0.477 e. The van der Waals surface area contributed by atoms with Crippen molar-refractivity contribution >= 4 is 46.6 Å². The highest BCUT2D eigenvalue weighted by Gasteiger charge is 2.31. The van der Waals surface area contributed by atoms with Crippen molar-refractivity contribution < 1.29 is 23.5 Å². The molecule has 5 rings (SSSR count). The van der Waals surface area contributed by atoms with Crippen molar-refractivity contribution in [3.05, 3.63) is 87.1 Å². The molecule has 1 aliphatic heterocycles. The van der Waals surface area contributed by atoms with Crippen LogP contribution in [0.3, 0.4) is 0 Å². The van der Waals surface area contributed by atoms with Crippen LogP contribution in [-0.2, 0) is 18.4 Å². The Morgan fingerprint density at radius 1 is 1.26 bits per heavy atom. The number of oxazole rings is 1. The number of nitrogens with zero attached hydrogens (tertiary/aromatic N) is 4. The molecule has 2 aromatic heterocycles. The Morgan fingerprint density at radius 2 is 2.05 bits per heavy atom. The second kappa shape index (κ2) is 10.2. The van der Waals surface area contributed by atoms with Gasteiger partial charge in [-0.05, 0) is 37.6 Å². The van der Waals surface area contributed by atoms with Gasteiger partial charge in [-0.2, -0.15) is 10.1 Å². The van der Waals surface area contributed by atoms with Crippen LogP contribution in [0.1, 0.15) is 40.0 Å². The average Bonchev–Trinajstić information content (AvgIpc) is 3.47. The van der Waals surface area contributed by atoms with E-state index in [1.165, 1.54) is 6.07 Å². The third-order valence-corrected chi connectivity index (χ3v) is 6.42. The number of aromatic nitrogens is 3. The van der Waals surface area contributed by atoms with E-state index in [1.807, 2.05) is 13.0 Å². The first-order chi connectivity index (χ1) is 18.6. The third kappa shape index (κ3) is 5.18. The standard InChI is InChI=1S/C26H23ClFN7O4/c1-12-4-5-15(16(27)8-12)21-19(23(36)29-9-14-10-30-35(3)11-14)13(2)31-25(33-21)34-26-32-18-7-6-17(28)20(24(37)38)22(18)39-26/h4-8,10-11,21H,9H2,1-3H3,(H,29,36)(H,37,38)(H2,31,32,33,34). The van der Waals surface area contributed by atoms with Crippen LogP contribution in [0.25, 0.3) is 11.1 Å². The quantitative estimate of drug-likeness (QED) is 0.280.